The van der Waals surface area contributed by atoms with Crippen LogP contribution in [-0.4, -0.2) is 34.8 Å². The highest BCUT2D eigenvalue weighted by atomic mass is 15.4. The molecule has 0 spiro atoms. The molecule has 2 aromatic rings. The number of para-hydroxylation sites is 1. The number of aryl methyl sites for hydroxylation is 1. The van der Waals surface area contributed by atoms with Crippen LogP contribution in [0.4, 0.5) is 0 Å². The van der Waals surface area contributed by atoms with Gasteiger partial charge in [0.15, 0.2) is 0 Å². The molecule has 2 aliphatic heterocycles. The average Bonchev–Trinajstić information content (AvgIpc) is 3.07. The Morgan fingerprint density at radius 3 is 2.95 bits per heavy atom. The number of piperidine rings is 1. The van der Waals surface area contributed by atoms with Gasteiger partial charge in [0.2, 0.25) is 0 Å². The van der Waals surface area contributed by atoms with Crippen LogP contribution >= 0.6 is 0 Å². The predicted molar refractivity (Wildman–Crippen MR) is 91.2 cm³/mol. The number of benzene rings is 1. The molecule has 0 radical (unpaired) electrons. The molecule has 4 nitrogen and oxygen atoms in total. The number of nitrogens with zero attached hydrogens (tertiary/aromatic N) is 3. The standard InChI is InChI=1S/C18H24N4/c1-4-22-10-9-15-14(11-22)18(20-19-15)17-12(2)21(3)16-8-6-5-7-13(16)17/h5-8,14,18,20H,4,9-11H2,1-3H3. The van der Waals surface area contributed by atoms with Gasteiger partial charge in [-0.2, -0.15) is 5.10 Å². The largest absolute Gasteiger partial charge is 0.348 e. The van der Waals surface area contributed by atoms with E-state index in [-0.39, 0.29) is 0 Å². The van der Waals surface area contributed by atoms with Gasteiger partial charge in [0, 0.05) is 60.3 Å². The van der Waals surface area contributed by atoms with E-state index in [0.717, 1.165) is 26.1 Å². The Hall–Kier alpha value is -1.81. The third-order valence-corrected chi connectivity index (χ3v) is 5.52. The van der Waals surface area contributed by atoms with Gasteiger partial charge in [-0.3, -0.25) is 0 Å². The molecular formula is C18H24N4. The van der Waals surface area contributed by atoms with E-state index < -0.39 is 0 Å². The fraction of sp³-hybridized carbons (Fsp3) is 0.500. The molecule has 0 saturated carbocycles. The van der Waals surface area contributed by atoms with E-state index in [1.807, 2.05) is 0 Å². The lowest BCUT2D eigenvalue weighted by molar-refractivity contribution is 0.238. The molecule has 3 heterocycles. The van der Waals surface area contributed by atoms with Gasteiger partial charge in [-0.05, 0) is 19.5 Å². The lowest BCUT2D eigenvalue weighted by Gasteiger charge is -2.32. The number of nitrogens with one attached hydrogen (secondary N) is 1. The minimum Gasteiger partial charge on any atom is -0.348 e. The zero-order chi connectivity index (χ0) is 15.3. The zero-order valence-corrected chi connectivity index (χ0v) is 13.6. The molecule has 2 aliphatic rings. The third kappa shape index (κ3) is 1.90. The van der Waals surface area contributed by atoms with Gasteiger partial charge in [0.25, 0.3) is 0 Å². The molecule has 1 aromatic heterocycles. The van der Waals surface area contributed by atoms with Gasteiger partial charge in [-0.25, -0.2) is 0 Å². The molecule has 4 heteroatoms. The van der Waals surface area contributed by atoms with Crippen molar-refractivity contribution < 1.29 is 0 Å². The van der Waals surface area contributed by atoms with Crippen LogP contribution in [0.2, 0.25) is 0 Å². The highest BCUT2D eigenvalue weighted by Gasteiger charge is 2.38. The van der Waals surface area contributed by atoms with Gasteiger partial charge in [-0.1, -0.05) is 25.1 Å². The van der Waals surface area contributed by atoms with Gasteiger partial charge in [0.05, 0.1) is 6.04 Å². The van der Waals surface area contributed by atoms with Crippen molar-refractivity contribution in [3.63, 3.8) is 0 Å². The third-order valence-electron chi connectivity index (χ3n) is 5.52. The van der Waals surface area contributed by atoms with Crippen LogP contribution in [0.5, 0.6) is 0 Å². The number of hydrazone groups is 1. The number of hydrogen-bond donors (Lipinski definition) is 1. The van der Waals surface area contributed by atoms with Crippen molar-refractivity contribution in [1.29, 1.82) is 0 Å². The second kappa shape index (κ2) is 5.13. The summed E-state index contributed by atoms with van der Waals surface area (Å²) in [5, 5.41) is 6.04. The van der Waals surface area contributed by atoms with E-state index in [1.54, 1.807) is 0 Å². The van der Waals surface area contributed by atoms with Crippen LogP contribution in [0, 0.1) is 12.8 Å². The summed E-state index contributed by atoms with van der Waals surface area (Å²) in [6.07, 6.45) is 1.10. The number of aromatic nitrogens is 1. The second-order valence-corrected chi connectivity index (χ2v) is 6.53. The Morgan fingerprint density at radius 2 is 2.14 bits per heavy atom. The highest BCUT2D eigenvalue weighted by Crippen LogP contribution is 2.38. The number of fused-ring (bicyclic) bond motifs is 2. The van der Waals surface area contributed by atoms with Crippen LogP contribution < -0.4 is 5.43 Å². The molecule has 0 aliphatic carbocycles. The minimum atomic E-state index is 0.315. The van der Waals surface area contributed by atoms with E-state index in [1.165, 1.54) is 27.9 Å². The molecule has 1 saturated heterocycles. The Labute approximate surface area is 131 Å². The maximum absolute atomic E-state index is 4.67. The summed E-state index contributed by atoms with van der Waals surface area (Å²) in [6.45, 7) is 7.88. The molecule has 4 rings (SSSR count). The quantitative estimate of drug-likeness (QED) is 0.924. The van der Waals surface area contributed by atoms with E-state index in [0.29, 0.717) is 12.0 Å². The molecule has 0 amide bonds. The van der Waals surface area contributed by atoms with E-state index in [2.05, 4.69) is 65.2 Å². The van der Waals surface area contributed by atoms with Crippen molar-refractivity contribution in [2.45, 2.75) is 26.3 Å². The van der Waals surface area contributed by atoms with Gasteiger partial charge in [0.1, 0.15) is 0 Å². The van der Waals surface area contributed by atoms with Crippen LogP contribution in [0.3, 0.4) is 0 Å². The average molecular weight is 296 g/mol. The Morgan fingerprint density at radius 1 is 1.32 bits per heavy atom. The van der Waals surface area contributed by atoms with Crippen molar-refractivity contribution in [3.8, 4) is 0 Å². The summed E-state index contributed by atoms with van der Waals surface area (Å²) < 4.78 is 2.31. The maximum atomic E-state index is 4.67. The van der Waals surface area contributed by atoms with Crippen LogP contribution in [-0.2, 0) is 7.05 Å². The topological polar surface area (TPSA) is 32.6 Å². The first-order valence-electron chi connectivity index (χ1n) is 8.29. The van der Waals surface area contributed by atoms with Crippen molar-refractivity contribution in [2.24, 2.45) is 18.1 Å². The molecule has 116 valence electrons. The minimum absolute atomic E-state index is 0.315. The summed E-state index contributed by atoms with van der Waals surface area (Å²) in [6, 6.07) is 9.03. The summed E-state index contributed by atoms with van der Waals surface area (Å²) >= 11 is 0. The highest BCUT2D eigenvalue weighted by molar-refractivity contribution is 5.92. The zero-order valence-electron chi connectivity index (χ0n) is 13.6. The molecule has 1 fully saturated rings. The molecule has 1 aromatic carbocycles. The van der Waals surface area contributed by atoms with Crippen molar-refractivity contribution >= 4 is 16.6 Å². The predicted octanol–water partition coefficient (Wildman–Crippen LogP) is 2.83. The van der Waals surface area contributed by atoms with Gasteiger partial charge < -0.3 is 14.9 Å². The molecular weight excluding hydrogens is 272 g/mol. The molecule has 22 heavy (non-hydrogen) atoms. The van der Waals surface area contributed by atoms with Crippen LogP contribution in [0.25, 0.3) is 10.9 Å². The number of rotatable bonds is 2. The first-order chi connectivity index (χ1) is 10.7. The van der Waals surface area contributed by atoms with Crippen molar-refractivity contribution in [2.75, 3.05) is 19.6 Å². The Kier molecular flexibility index (Phi) is 3.22. The SMILES string of the molecule is CCN1CCC2=NNC(c3c(C)n(C)c4ccccc34)C2C1. The fourth-order valence-corrected chi connectivity index (χ4v) is 4.11. The molecule has 2 unspecified atom stereocenters. The summed E-state index contributed by atoms with van der Waals surface area (Å²) in [5.41, 5.74) is 8.91. The summed E-state index contributed by atoms with van der Waals surface area (Å²) in [5.74, 6) is 0.512. The van der Waals surface area contributed by atoms with Crippen LogP contribution in [0.15, 0.2) is 29.4 Å². The van der Waals surface area contributed by atoms with Crippen molar-refractivity contribution in [3.05, 3.63) is 35.5 Å². The Balaban J connectivity index is 1.78. The molecule has 2 atom stereocenters. The summed E-state index contributed by atoms with van der Waals surface area (Å²) in [4.78, 5) is 2.55. The molecule has 0 bridgehead atoms. The van der Waals surface area contributed by atoms with E-state index >= 15 is 0 Å². The molecule has 1 N–H and O–H groups in total. The smallest absolute Gasteiger partial charge is 0.0806 e. The van der Waals surface area contributed by atoms with Crippen LogP contribution in [0.1, 0.15) is 30.6 Å². The van der Waals surface area contributed by atoms with Crippen molar-refractivity contribution in [1.82, 2.24) is 14.9 Å². The second-order valence-electron chi connectivity index (χ2n) is 6.53. The first kappa shape index (κ1) is 13.8. The lowest BCUT2D eigenvalue weighted by Crippen LogP contribution is -2.41. The van der Waals surface area contributed by atoms with Gasteiger partial charge >= 0.3 is 0 Å². The fourth-order valence-electron chi connectivity index (χ4n) is 4.11. The van der Waals surface area contributed by atoms with Gasteiger partial charge in [-0.15, -0.1) is 0 Å². The van der Waals surface area contributed by atoms with E-state index in [4.69, 9.17) is 0 Å². The Bertz CT molecular complexity index is 743. The summed E-state index contributed by atoms with van der Waals surface area (Å²) in [7, 11) is 2.16. The lowest BCUT2D eigenvalue weighted by atomic mass is 9.85. The number of likely N-dealkylation sites (tertiary alicyclic amines) is 1. The maximum Gasteiger partial charge on any atom is 0.0806 e. The monoisotopic (exact) mass is 296 g/mol. The number of hydrogen-bond acceptors (Lipinski definition) is 3. The van der Waals surface area contributed by atoms with E-state index in [9.17, 15) is 0 Å². The normalized spacial score (nSPS) is 25.1. The first-order valence-corrected chi connectivity index (χ1v) is 8.29.